The number of rotatable bonds is 18. The molecule has 1 aromatic rings. The largest absolute Gasteiger partial charge is 0.507 e. The van der Waals surface area contributed by atoms with Crippen LogP contribution in [0.25, 0.3) is 0 Å². The summed E-state index contributed by atoms with van der Waals surface area (Å²) in [6.45, 7) is 12.6. The Morgan fingerprint density at radius 2 is 1.17 bits per heavy atom. The van der Waals surface area contributed by atoms with Gasteiger partial charge in [0.25, 0.3) is 0 Å². The third-order valence-corrected chi connectivity index (χ3v) is 7.46. The van der Waals surface area contributed by atoms with E-state index in [2.05, 4.69) is 39.1 Å². The first kappa shape index (κ1) is 29.5. The molecule has 0 radical (unpaired) electrons. The van der Waals surface area contributed by atoms with Crippen molar-refractivity contribution in [2.45, 2.75) is 109 Å². The zero-order valence-corrected chi connectivity index (χ0v) is 21.8. The third-order valence-electron chi connectivity index (χ3n) is 5.25. The molecule has 0 spiro atoms. The molecule has 1 N–H and O–H groups in total. The molecule has 1 rings (SSSR count). The highest BCUT2D eigenvalue weighted by Crippen LogP contribution is 2.29. The van der Waals surface area contributed by atoms with Gasteiger partial charge in [0.1, 0.15) is 5.75 Å². The van der Waals surface area contributed by atoms with E-state index >= 15 is 0 Å². The van der Waals surface area contributed by atoms with E-state index in [0.29, 0.717) is 5.75 Å². The number of hydrogen-bond acceptors (Lipinski definition) is 3. The molecule has 174 valence electrons. The number of unbranched alkanes of at least 4 members (excludes halogenated alkanes) is 10. The van der Waals surface area contributed by atoms with Crippen LogP contribution in [0.4, 0.5) is 0 Å². The first-order valence-corrected chi connectivity index (χ1v) is 14.5. The molecule has 1 nitrogen and oxygen atoms in total. The van der Waals surface area contributed by atoms with Crippen molar-refractivity contribution in [1.29, 1.82) is 0 Å². The third kappa shape index (κ3) is 15.3. The van der Waals surface area contributed by atoms with Gasteiger partial charge in [-0.2, -0.15) is 23.5 Å². The van der Waals surface area contributed by atoms with E-state index in [1.54, 1.807) is 0 Å². The molecule has 0 aliphatic rings. The Morgan fingerprint density at radius 1 is 0.700 bits per heavy atom. The minimum Gasteiger partial charge on any atom is -0.507 e. The fourth-order valence-corrected chi connectivity index (χ4v) is 5.42. The van der Waals surface area contributed by atoms with Crippen LogP contribution in [0.5, 0.6) is 5.75 Å². The molecule has 0 aliphatic heterocycles. The van der Waals surface area contributed by atoms with Gasteiger partial charge in [0.15, 0.2) is 0 Å². The highest BCUT2D eigenvalue weighted by molar-refractivity contribution is 7.98. The monoisotopic (exact) mass is 452 g/mol. The van der Waals surface area contributed by atoms with Gasteiger partial charge >= 0.3 is 0 Å². The van der Waals surface area contributed by atoms with E-state index in [1.165, 1.54) is 94.1 Å². The SMILES string of the molecule is C=C.CCCCCCCCSCc1cc(C)c(O)c(CSCCCCCCCC)c1. The van der Waals surface area contributed by atoms with E-state index in [1.807, 2.05) is 30.4 Å². The Hall–Kier alpha value is -0.540. The summed E-state index contributed by atoms with van der Waals surface area (Å²) in [6.07, 6.45) is 16.4. The average molecular weight is 453 g/mol. The zero-order chi connectivity index (χ0) is 22.5. The molecule has 0 aromatic heterocycles. The molecule has 0 saturated carbocycles. The standard InChI is InChI=1S/C25H44OS2.C2H4/c1-4-6-8-10-12-14-16-27-20-23-18-22(3)25(26)24(19-23)21-28-17-15-13-11-9-7-5-2;1-2/h18-19,26H,4-17,20-21H2,1-3H3;1-2H2. The first-order chi connectivity index (χ1) is 14.7. The van der Waals surface area contributed by atoms with Crippen LogP contribution in [-0.4, -0.2) is 16.6 Å². The van der Waals surface area contributed by atoms with Gasteiger partial charge in [-0.25, -0.2) is 0 Å². The van der Waals surface area contributed by atoms with Gasteiger partial charge < -0.3 is 5.11 Å². The van der Waals surface area contributed by atoms with Crippen molar-refractivity contribution in [2.75, 3.05) is 11.5 Å². The van der Waals surface area contributed by atoms with Gasteiger partial charge in [-0.3, -0.25) is 0 Å². The van der Waals surface area contributed by atoms with Gasteiger partial charge in [-0.15, -0.1) is 13.2 Å². The van der Waals surface area contributed by atoms with Gasteiger partial charge in [-0.05, 0) is 42.4 Å². The number of phenols is 1. The van der Waals surface area contributed by atoms with Gasteiger partial charge in [0.2, 0.25) is 0 Å². The molecule has 30 heavy (non-hydrogen) atoms. The van der Waals surface area contributed by atoms with E-state index in [9.17, 15) is 5.11 Å². The summed E-state index contributed by atoms with van der Waals surface area (Å²) in [5, 5.41) is 10.4. The molecule has 0 fully saturated rings. The average Bonchev–Trinajstić information content (AvgIpc) is 2.76. The van der Waals surface area contributed by atoms with Crippen LogP contribution in [0.3, 0.4) is 0 Å². The maximum absolute atomic E-state index is 10.4. The fourth-order valence-electron chi connectivity index (χ4n) is 3.47. The van der Waals surface area contributed by atoms with Crippen molar-refractivity contribution < 1.29 is 5.11 Å². The predicted molar refractivity (Wildman–Crippen MR) is 143 cm³/mol. The van der Waals surface area contributed by atoms with E-state index < -0.39 is 0 Å². The van der Waals surface area contributed by atoms with Crippen LogP contribution in [0.2, 0.25) is 0 Å². The molecular weight excluding hydrogens is 404 g/mol. The quantitative estimate of drug-likeness (QED) is 0.177. The molecule has 0 unspecified atom stereocenters. The van der Waals surface area contributed by atoms with Crippen molar-refractivity contribution in [3.63, 3.8) is 0 Å². The second kappa shape index (κ2) is 21.7. The summed E-state index contributed by atoms with van der Waals surface area (Å²) in [5.41, 5.74) is 3.54. The second-order valence-electron chi connectivity index (χ2n) is 8.06. The molecule has 0 atom stereocenters. The smallest absolute Gasteiger partial charge is 0.122 e. The zero-order valence-electron chi connectivity index (χ0n) is 20.1. The lowest BCUT2D eigenvalue weighted by Gasteiger charge is -2.11. The van der Waals surface area contributed by atoms with Gasteiger partial charge in [0.05, 0.1) is 0 Å². The van der Waals surface area contributed by atoms with Crippen molar-refractivity contribution in [3.05, 3.63) is 42.0 Å². The summed E-state index contributed by atoms with van der Waals surface area (Å²) in [6, 6.07) is 4.41. The predicted octanol–water partition coefficient (Wildman–Crippen LogP) is 9.69. The summed E-state index contributed by atoms with van der Waals surface area (Å²) in [4.78, 5) is 0. The summed E-state index contributed by atoms with van der Waals surface area (Å²) >= 11 is 4.02. The summed E-state index contributed by atoms with van der Waals surface area (Å²) < 4.78 is 0. The Bertz CT molecular complexity index is 516. The van der Waals surface area contributed by atoms with Crippen LogP contribution in [0.15, 0.2) is 25.3 Å². The van der Waals surface area contributed by atoms with Crippen LogP contribution in [0, 0.1) is 6.92 Å². The number of aryl methyl sites for hydroxylation is 1. The maximum atomic E-state index is 10.4. The first-order valence-electron chi connectivity index (χ1n) is 12.2. The van der Waals surface area contributed by atoms with Crippen LogP contribution in [-0.2, 0) is 11.5 Å². The molecular formula is C27H48OS2. The maximum Gasteiger partial charge on any atom is 0.122 e. The number of thioether (sulfide) groups is 2. The van der Waals surface area contributed by atoms with Crippen molar-refractivity contribution in [2.24, 2.45) is 0 Å². The minimum atomic E-state index is 0.514. The van der Waals surface area contributed by atoms with E-state index in [-0.39, 0.29) is 0 Å². The van der Waals surface area contributed by atoms with E-state index in [4.69, 9.17) is 0 Å². The lowest BCUT2D eigenvalue weighted by atomic mass is 10.1. The van der Waals surface area contributed by atoms with Crippen molar-refractivity contribution in [3.8, 4) is 5.75 Å². The summed E-state index contributed by atoms with van der Waals surface area (Å²) in [5.74, 6) is 5.00. The molecule has 1 aromatic carbocycles. The van der Waals surface area contributed by atoms with Crippen LogP contribution >= 0.6 is 23.5 Å². The lowest BCUT2D eigenvalue weighted by molar-refractivity contribution is 0.466. The molecule has 0 heterocycles. The van der Waals surface area contributed by atoms with Gasteiger partial charge in [0, 0.05) is 17.1 Å². The summed E-state index contributed by atoms with van der Waals surface area (Å²) in [7, 11) is 0. The lowest BCUT2D eigenvalue weighted by Crippen LogP contribution is -1.92. The normalized spacial score (nSPS) is 10.6. The van der Waals surface area contributed by atoms with Crippen molar-refractivity contribution >= 4 is 23.5 Å². The molecule has 0 aliphatic carbocycles. The Morgan fingerprint density at radius 3 is 1.70 bits per heavy atom. The van der Waals surface area contributed by atoms with E-state index in [0.717, 1.165) is 22.6 Å². The van der Waals surface area contributed by atoms with Gasteiger partial charge in [-0.1, -0.05) is 90.2 Å². The fraction of sp³-hybridized carbons (Fsp3) is 0.704. The van der Waals surface area contributed by atoms with Crippen LogP contribution in [0.1, 0.15) is 108 Å². The Labute approximate surface area is 196 Å². The van der Waals surface area contributed by atoms with Crippen LogP contribution < -0.4 is 0 Å². The number of benzene rings is 1. The van der Waals surface area contributed by atoms with Crippen molar-refractivity contribution in [1.82, 2.24) is 0 Å². The number of aromatic hydroxyl groups is 1. The Kier molecular flexibility index (Phi) is 21.3. The Balaban J connectivity index is 0.00000407. The topological polar surface area (TPSA) is 20.2 Å². The highest BCUT2D eigenvalue weighted by Gasteiger charge is 2.08. The molecule has 0 bridgehead atoms. The minimum absolute atomic E-state index is 0.514. The highest BCUT2D eigenvalue weighted by atomic mass is 32.2. The molecule has 0 amide bonds. The molecule has 3 heteroatoms. The number of phenolic OH excluding ortho intramolecular Hbond substituents is 1. The molecule has 0 saturated heterocycles. The second-order valence-corrected chi connectivity index (χ2v) is 10.3. The number of hydrogen-bond donors (Lipinski definition) is 1.